The predicted molar refractivity (Wildman–Crippen MR) is 123 cm³/mol. The quantitative estimate of drug-likeness (QED) is 0.471. The minimum absolute atomic E-state index is 0.0264. The second-order valence-electron chi connectivity index (χ2n) is 9.61. The lowest BCUT2D eigenvalue weighted by atomic mass is 9.89. The van der Waals surface area contributed by atoms with Gasteiger partial charge in [0.2, 0.25) is 17.7 Å². The third-order valence-electron chi connectivity index (χ3n) is 6.54. The van der Waals surface area contributed by atoms with Crippen molar-refractivity contribution >= 4 is 11.8 Å². The number of piperidine rings is 1. The Hall–Kier alpha value is -2.22. The molecule has 8 nitrogen and oxygen atoms in total. The van der Waals surface area contributed by atoms with Gasteiger partial charge in [0.15, 0.2) is 5.82 Å². The fourth-order valence-corrected chi connectivity index (χ4v) is 4.72. The summed E-state index contributed by atoms with van der Waals surface area (Å²) in [5, 5.41) is 10.4. The van der Waals surface area contributed by atoms with Crippen molar-refractivity contribution in [3.8, 4) is 0 Å². The number of hydrogen-bond acceptors (Lipinski definition) is 6. The van der Waals surface area contributed by atoms with Crippen LogP contribution in [0.1, 0.15) is 90.3 Å². The summed E-state index contributed by atoms with van der Waals surface area (Å²) in [6, 6.07) is 0.234. The Balaban J connectivity index is 1.48. The lowest BCUT2D eigenvalue weighted by molar-refractivity contribution is -0.122. The van der Waals surface area contributed by atoms with Gasteiger partial charge in [0.05, 0.1) is 0 Å². The summed E-state index contributed by atoms with van der Waals surface area (Å²) in [7, 11) is 0. The minimum atomic E-state index is -0.550. The molecule has 3 rings (SSSR count). The van der Waals surface area contributed by atoms with Gasteiger partial charge in [-0.1, -0.05) is 42.5 Å². The molecule has 178 valence electrons. The Bertz CT molecular complexity index is 783. The number of nitrogens with zero attached hydrogens (tertiary/aromatic N) is 3. The van der Waals surface area contributed by atoms with E-state index in [1.807, 2.05) is 0 Å². The summed E-state index contributed by atoms with van der Waals surface area (Å²) >= 11 is 0. The maximum Gasteiger partial charge on any atom is 0.227 e. The number of nitrogens with one attached hydrogen (secondary N) is 2. The molecule has 2 N–H and O–H groups in total. The summed E-state index contributed by atoms with van der Waals surface area (Å²) in [4.78, 5) is 31.3. The van der Waals surface area contributed by atoms with E-state index in [1.54, 1.807) is 0 Å². The zero-order chi connectivity index (χ0) is 23.0. The molecule has 1 aromatic heterocycles. The molecule has 1 aliphatic heterocycles. The van der Waals surface area contributed by atoms with Gasteiger partial charge >= 0.3 is 0 Å². The first-order valence-electron chi connectivity index (χ1n) is 12.1. The van der Waals surface area contributed by atoms with E-state index < -0.39 is 5.54 Å². The molecule has 2 amide bonds. The van der Waals surface area contributed by atoms with E-state index in [4.69, 9.17) is 4.52 Å². The van der Waals surface area contributed by atoms with E-state index in [9.17, 15) is 9.59 Å². The Kier molecular flexibility index (Phi) is 8.84. The van der Waals surface area contributed by atoms with Crippen LogP contribution in [0.2, 0.25) is 0 Å². The van der Waals surface area contributed by atoms with Crippen LogP contribution >= 0.6 is 0 Å². The van der Waals surface area contributed by atoms with Crippen LogP contribution in [0.4, 0.5) is 0 Å². The van der Waals surface area contributed by atoms with Gasteiger partial charge in [-0.3, -0.25) is 14.5 Å². The number of aromatic nitrogens is 2. The number of carbonyl (C=O) groups is 2. The van der Waals surface area contributed by atoms with Crippen molar-refractivity contribution in [1.82, 2.24) is 25.7 Å². The summed E-state index contributed by atoms with van der Waals surface area (Å²) < 4.78 is 5.46. The highest BCUT2D eigenvalue weighted by atomic mass is 16.5. The van der Waals surface area contributed by atoms with Crippen LogP contribution in [0.5, 0.6) is 0 Å². The monoisotopic (exact) mass is 445 g/mol. The first kappa shape index (κ1) is 24.4. The van der Waals surface area contributed by atoms with E-state index in [0.29, 0.717) is 24.6 Å². The van der Waals surface area contributed by atoms with Crippen LogP contribution in [-0.2, 0) is 21.5 Å². The van der Waals surface area contributed by atoms with Crippen LogP contribution in [0.3, 0.4) is 0 Å². The van der Waals surface area contributed by atoms with Gasteiger partial charge < -0.3 is 15.2 Å². The summed E-state index contributed by atoms with van der Waals surface area (Å²) in [5.74, 6) is 0.956. The molecule has 32 heavy (non-hydrogen) atoms. The van der Waals surface area contributed by atoms with Gasteiger partial charge in [0.1, 0.15) is 5.54 Å². The number of likely N-dealkylation sites (tertiary alicyclic amines) is 1. The summed E-state index contributed by atoms with van der Waals surface area (Å²) in [6.07, 6.45) is 10.9. The van der Waals surface area contributed by atoms with Gasteiger partial charge in [-0.25, -0.2) is 0 Å². The molecular formula is C24H39N5O3. The smallest absolute Gasteiger partial charge is 0.227 e. The first-order valence-corrected chi connectivity index (χ1v) is 12.1. The molecule has 2 fully saturated rings. The molecule has 1 aromatic rings. The third-order valence-corrected chi connectivity index (χ3v) is 6.54. The number of carbonyl (C=O) groups excluding carboxylic acids is 2. The van der Waals surface area contributed by atoms with Crippen molar-refractivity contribution in [2.45, 2.75) is 96.6 Å². The van der Waals surface area contributed by atoms with Gasteiger partial charge in [0, 0.05) is 45.4 Å². The molecule has 0 bridgehead atoms. The molecule has 8 heteroatoms. The highest BCUT2D eigenvalue weighted by Gasteiger charge is 2.38. The Morgan fingerprint density at radius 2 is 1.81 bits per heavy atom. The van der Waals surface area contributed by atoms with Gasteiger partial charge in [0.25, 0.3) is 0 Å². The number of hydrogen-bond donors (Lipinski definition) is 2. The van der Waals surface area contributed by atoms with Crippen LogP contribution in [0, 0.1) is 0 Å². The Morgan fingerprint density at radius 3 is 2.44 bits per heavy atom. The standard InChI is InChI=1S/C24H39N5O3/c1-18(2)10-15-29-16-11-20(12-17-29)25-21(31)8-9-22-26-23(28-32-22)24(27-19(3)30)13-6-4-5-7-14-24/h10,20H,4-9,11-17H2,1-3H3,(H,25,31)(H,27,30). The van der Waals surface area contributed by atoms with Crippen molar-refractivity contribution in [3.05, 3.63) is 23.4 Å². The fraction of sp³-hybridized carbons (Fsp3) is 0.750. The fourth-order valence-electron chi connectivity index (χ4n) is 4.72. The van der Waals surface area contributed by atoms with Crippen LogP contribution in [0.25, 0.3) is 0 Å². The maximum atomic E-state index is 12.5. The molecule has 0 spiro atoms. The Morgan fingerprint density at radius 1 is 1.12 bits per heavy atom. The average molecular weight is 446 g/mol. The van der Waals surface area contributed by atoms with Crippen molar-refractivity contribution in [3.63, 3.8) is 0 Å². The first-order chi connectivity index (χ1) is 15.4. The van der Waals surface area contributed by atoms with E-state index in [-0.39, 0.29) is 17.9 Å². The minimum Gasteiger partial charge on any atom is -0.353 e. The molecule has 1 saturated heterocycles. The molecule has 0 atom stereocenters. The van der Waals surface area contributed by atoms with Crippen molar-refractivity contribution in [2.75, 3.05) is 19.6 Å². The Labute approximate surface area is 191 Å². The van der Waals surface area contributed by atoms with Crippen LogP contribution in [-0.4, -0.2) is 52.5 Å². The lowest BCUT2D eigenvalue weighted by Gasteiger charge is -2.31. The number of aryl methyl sites for hydroxylation is 1. The summed E-state index contributed by atoms with van der Waals surface area (Å²) in [6.45, 7) is 8.78. The normalized spacial score (nSPS) is 19.7. The number of amides is 2. The topological polar surface area (TPSA) is 100 Å². The molecule has 1 saturated carbocycles. The zero-order valence-corrected chi connectivity index (χ0v) is 19.9. The van der Waals surface area contributed by atoms with Crippen LogP contribution < -0.4 is 10.6 Å². The van der Waals surface area contributed by atoms with Gasteiger partial charge in [-0.05, 0) is 39.5 Å². The highest BCUT2D eigenvalue weighted by Crippen LogP contribution is 2.34. The number of rotatable bonds is 8. The predicted octanol–water partition coefficient (Wildman–Crippen LogP) is 3.23. The van der Waals surface area contributed by atoms with Gasteiger partial charge in [-0.15, -0.1) is 0 Å². The van der Waals surface area contributed by atoms with E-state index >= 15 is 0 Å². The highest BCUT2D eigenvalue weighted by molar-refractivity contribution is 5.76. The third kappa shape index (κ3) is 7.15. The molecule has 0 aromatic carbocycles. The average Bonchev–Trinajstić information content (AvgIpc) is 3.11. The SMILES string of the molecule is CC(=O)NC1(c2noc(CCC(=O)NC3CCN(CC=C(C)C)CC3)n2)CCCCCC1. The second-order valence-corrected chi connectivity index (χ2v) is 9.61. The maximum absolute atomic E-state index is 12.5. The van der Waals surface area contributed by atoms with E-state index in [1.165, 1.54) is 12.5 Å². The summed E-state index contributed by atoms with van der Waals surface area (Å²) in [5.41, 5.74) is 0.790. The molecular weight excluding hydrogens is 406 g/mol. The van der Waals surface area contributed by atoms with Gasteiger partial charge in [-0.2, -0.15) is 4.98 Å². The van der Waals surface area contributed by atoms with Crippen LogP contribution in [0.15, 0.2) is 16.2 Å². The molecule has 1 aliphatic carbocycles. The molecule has 0 unspecified atom stereocenters. The molecule has 0 radical (unpaired) electrons. The largest absolute Gasteiger partial charge is 0.353 e. The lowest BCUT2D eigenvalue weighted by Crippen LogP contribution is -2.45. The zero-order valence-electron chi connectivity index (χ0n) is 19.9. The second kappa shape index (κ2) is 11.6. The van der Waals surface area contributed by atoms with Crippen molar-refractivity contribution in [1.29, 1.82) is 0 Å². The number of allylic oxidation sites excluding steroid dienone is 1. The van der Waals surface area contributed by atoms with Crippen molar-refractivity contribution < 1.29 is 14.1 Å². The van der Waals surface area contributed by atoms with E-state index in [2.05, 4.69) is 45.6 Å². The molecule has 2 aliphatic rings. The van der Waals surface area contributed by atoms with E-state index in [0.717, 1.165) is 71.0 Å². The van der Waals surface area contributed by atoms with Crippen molar-refractivity contribution in [2.24, 2.45) is 0 Å². The molecule has 2 heterocycles.